The minimum Gasteiger partial charge on any atom is -0.396 e. The fraction of sp³-hybridized carbons (Fsp3) is 0.594. The van der Waals surface area contributed by atoms with E-state index in [1.54, 1.807) is 32.9 Å². The summed E-state index contributed by atoms with van der Waals surface area (Å²) in [5.41, 5.74) is 0.353. The van der Waals surface area contributed by atoms with Crippen LogP contribution in [0.15, 0.2) is 43.5 Å². The van der Waals surface area contributed by atoms with E-state index in [-0.39, 0.29) is 30.9 Å². The Morgan fingerprint density at radius 1 is 1.17 bits per heavy atom. The van der Waals surface area contributed by atoms with Gasteiger partial charge in [-0.15, -0.1) is 13.2 Å². The van der Waals surface area contributed by atoms with Crippen molar-refractivity contribution in [3.8, 4) is 0 Å². The van der Waals surface area contributed by atoms with Crippen LogP contribution in [-0.4, -0.2) is 83.2 Å². The normalized spacial score (nSPS) is 26.2. The Hall–Kier alpha value is -2.68. The molecular formula is C32H44ClN3O5. The lowest BCUT2D eigenvalue weighted by molar-refractivity contribution is -0.145. The summed E-state index contributed by atoms with van der Waals surface area (Å²) in [4.78, 5) is 48.0. The summed E-state index contributed by atoms with van der Waals surface area (Å²) >= 11 is 6.64. The van der Waals surface area contributed by atoms with Gasteiger partial charge >= 0.3 is 0 Å². The number of aliphatic hydroxyl groups is 1. The quantitative estimate of drug-likeness (QED) is 0.241. The van der Waals surface area contributed by atoms with Crippen molar-refractivity contribution in [2.45, 2.75) is 76.5 Å². The number of aliphatic hydroxyl groups excluding tert-OH is 1. The molecule has 8 nitrogen and oxygen atoms in total. The molecule has 1 spiro atoms. The molecule has 4 rings (SSSR count). The molecule has 0 aliphatic carbocycles. The zero-order valence-electron chi connectivity index (χ0n) is 24.4. The van der Waals surface area contributed by atoms with Crippen LogP contribution in [0.2, 0.25) is 5.02 Å². The first kappa shape index (κ1) is 31.3. The minimum atomic E-state index is -1.08. The highest BCUT2D eigenvalue weighted by Crippen LogP contribution is 2.59. The van der Waals surface area contributed by atoms with Gasteiger partial charge in [-0.05, 0) is 50.7 Å². The van der Waals surface area contributed by atoms with Gasteiger partial charge in [0.15, 0.2) is 0 Å². The number of ether oxygens (including phenoxy) is 1. The predicted octanol–water partition coefficient (Wildman–Crippen LogP) is 4.52. The lowest BCUT2D eigenvalue weighted by atomic mass is 9.70. The number of carbonyl (C=O) groups excluding carboxylic acids is 3. The maximum Gasteiger partial charge on any atom is 0.253 e. The second-order valence-corrected chi connectivity index (χ2v) is 11.8. The fourth-order valence-electron chi connectivity index (χ4n) is 7.16. The third-order valence-electron chi connectivity index (χ3n) is 8.82. The number of rotatable bonds is 15. The van der Waals surface area contributed by atoms with Crippen molar-refractivity contribution in [2.24, 2.45) is 11.8 Å². The number of benzene rings is 1. The highest BCUT2D eigenvalue weighted by molar-refractivity contribution is 6.34. The highest BCUT2D eigenvalue weighted by atomic mass is 35.5. The molecule has 1 N–H and O–H groups in total. The molecular weight excluding hydrogens is 542 g/mol. The van der Waals surface area contributed by atoms with E-state index in [4.69, 9.17) is 16.3 Å². The molecule has 3 saturated heterocycles. The van der Waals surface area contributed by atoms with Gasteiger partial charge in [0.1, 0.15) is 11.6 Å². The van der Waals surface area contributed by atoms with Crippen LogP contribution in [0.5, 0.6) is 0 Å². The van der Waals surface area contributed by atoms with Crippen molar-refractivity contribution in [3.63, 3.8) is 0 Å². The first-order chi connectivity index (χ1) is 19.8. The van der Waals surface area contributed by atoms with Crippen molar-refractivity contribution in [3.05, 3.63) is 54.1 Å². The Labute approximate surface area is 248 Å². The molecule has 3 aliphatic rings. The Bertz CT molecular complexity index is 1140. The number of carbonyl (C=O) groups is 3. The molecule has 0 saturated carbocycles. The van der Waals surface area contributed by atoms with Crippen molar-refractivity contribution in [1.29, 1.82) is 0 Å². The van der Waals surface area contributed by atoms with Crippen molar-refractivity contribution >= 4 is 35.0 Å². The Morgan fingerprint density at radius 3 is 2.56 bits per heavy atom. The molecule has 3 fully saturated rings. The van der Waals surface area contributed by atoms with Crippen LogP contribution >= 0.6 is 11.6 Å². The largest absolute Gasteiger partial charge is 0.396 e. The van der Waals surface area contributed by atoms with E-state index < -0.39 is 29.6 Å². The molecule has 5 atom stereocenters. The van der Waals surface area contributed by atoms with Crippen LogP contribution < -0.4 is 4.90 Å². The van der Waals surface area contributed by atoms with Crippen LogP contribution in [0.1, 0.15) is 57.4 Å². The Balaban J connectivity index is 1.75. The molecule has 224 valence electrons. The fourth-order valence-corrected chi connectivity index (χ4v) is 7.49. The van der Waals surface area contributed by atoms with Gasteiger partial charge in [-0.2, -0.15) is 0 Å². The SMILES string of the molecule is C=CCN(CCC)C(=O)[C@@H]1[C@H]2C(=O)N(CCCCCCO)C(C(=O)N(CC=C)c3c(C)cccc3Cl)C23CC[C@H]1O3. The number of aryl methyl sites for hydroxylation is 1. The first-order valence-corrected chi connectivity index (χ1v) is 15.3. The van der Waals surface area contributed by atoms with Crippen LogP contribution in [0.3, 0.4) is 0 Å². The first-order valence-electron chi connectivity index (χ1n) is 14.9. The molecule has 2 unspecified atom stereocenters. The van der Waals surface area contributed by atoms with Crippen LogP contribution in [0.4, 0.5) is 5.69 Å². The topological polar surface area (TPSA) is 90.4 Å². The number of anilines is 1. The monoisotopic (exact) mass is 585 g/mol. The Morgan fingerprint density at radius 2 is 1.90 bits per heavy atom. The van der Waals surface area contributed by atoms with Crippen LogP contribution in [0.25, 0.3) is 0 Å². The molecule has 41 heavy (non-hydrogen) atoms. The number of hydrogen-bond acceptors (Lipinski definition) is 5. The molecule has 0 aromatic heterocycles. The van der Waals surface area contributed by atoms with E-state index >= 15 is 0 Å². The van der Waals surface area contributed by atoms with Gasteiger partial charge in [0.05, 0.1) is 28.6 Å². The van der Waals surface area contributed by atoms with Gasteiger partial charge in [-0.25, -0.2) is 0 Å². The number of amides is 3. The number of unbranched alkanes of at least 4 members (excludes halogenated alkanes) is 3. The minimum absolute atomic E-state index is 0.0995. The summed E-state index contributed by atoms with van der Waals surface area (Å²) in [5, 5.41) is 9.63. The molecule has 2 bridgehead atoms. The van der Waals surface area contributed by atoms with Gasteiger partial charge in [-0.1, -0.05) is 55.7 Å². The number of fused-ring (bicyclic) bond motifs is 1. The third-order valence-corrected chi connectivity index (χ3v) is 9.12. The summed E-state index contributed by atoms with van der Waals surface area (Å²) in [6, 6.07) is 4.61. The number of para-hydroxylation sites is 1. The number of nitrogens with zero attached hydrogens (tertiary/aromatic N) is 3. The average Bonchev–Trinajstić information content (AvgIpc) is 3.59. The summed E-state index contributed by atoms with van der Waals surface area (Å²) in [5.74, 6) is -1.90. The molecule has 1 aromatic carbocycles. The van der Waals surface area contributed by atoms with Crippen molar-refractivity contribution < 1.29 is 24.2 Å². The molecule has 9 heteroatoms. The summed E-state index contributed by atoms with van der Waals surface area (Å²) < 4.78 is 6.65. The lowest BCUT2D eigenvalue weighted by Gasteiger charge is -2.37. The van der Waals surface area contributed by atoms with Gasteiger partial charge in [0, 0.05) is 32.8 Å². The maximum atomic E-state index is 14.7. The van der Waals surface area contributed by atoms with Crippen molar-refractivity contribution in [2.75, 3.05) is 37.7 Å². The summed E-state index contributed by atoms with van der Waals surface area (Å²) in [6.45, 7) is 13.3. The molecule has 3 amide bonds. The van der Waals surface area contributed by atoms with E-state index in [9.17, 15) is 19.5 Å². The second kappa shape index (κ2) is 13.5. The molecule has 3 heterocycles. The van der Waals surface area contributed by atoms with E-state index in [1.807, 2.05) is 26.0 Å². The van der Waals surface area contributed by atoms with E-state index in [2.05, 4.69) is 13.2 Å². The summed E-state index contributed by atoms with van der Waals surface area (Å²) in [6.07, 6.45) is 7.93. The lowest BCUT2D eigenvalue weighted by Crippen LogP contribution is -2.56. The highest BCUT2D eigenvalue weighted by Gasteiger charge is 2.74. The zero-order valence-corrected chi connectivity index (χ0v) is 25.2. The van der Waals surface area contributed by atoms with Gasteiger partial charge in [0.2, 0.25) is 11.8 Å². The average molecular weight is 586 g/mol. The van der Waals surface area contributed by atoms with Crippen LogP contribution in [0, 0.1) is 18.8 Å². The number of hydrogen-bond donors (Lipinski definition) is 1. The van der Waals surface area contributed by atoms with E-state index in [1.165, 1.54) is 0 Å². The molecule has 0 radical (unpaired) electrons. The number of halogens is 1. The summed E-state index contributed by atoms with van der Waals surface area (Å²) in [7, 11) is 0. The second-order valence-electron chi connectivity index (χ2n) is 11.4. The van der Waals surface area contributed by atoms with E-state index in [0.717, 1.165) is 24.8 Å². The zero-order chi connectivity index (χ0) is 29.7. The molecule has 1 aromatic rings. The van der Waals surface area contributed by atoms with Crippen LogP contribution in [-0.2, 0) is 19.1 Å². The van der Waals surface area contributed by atoms with Crippen molar-refractivity contribution in [1.82, 2.24) is 9.80 Å². The maximum absolute atomic E-state index is 14.7. The van der Waals surface area contributed by atoms with Gasteiger partial charge in [0.25, 0.3) is 5.91 Å². The van der Waals surface area contributed by atoms with E-state index in [0.29, 0.717) is 56.0 Å². The predicted molar refractivity (Wildman–Crippen MR) is 161 cm³/mol. The molecule has 3 aliphatic heterocycles. The Kier molecular flexibility index (Phi) is 10.3. The number of likely N-dealkylation sites (tertiary alicyclic amines) is 1. The van der Waals surface area contributed by atoms with Gasteiger partial charge in [-0.3, -0.25) is 14.4 Å². The smallest absolute Gasteiger partial charge is 0.253 e. The third kappa shape index (κ3) is 5.71. The van der Waals surface area contributed by atoms with Gasteiger partial charge < -0.3 is 24.5 Å². The standard InChI is InChI=1S/C32H44ClN3O5/c1-5-17-34(18-6-2)29(38)25-24-15-16-32(41-24)26(25)30(39)36(20-10-8-9-11-21-37)28(32)31(40)35(19-7-3)27-22(4)13-12-14-23(27)33/h5,7,12-14,24-26,28,37H,1,3,6,8-11,15-21H2,2,4H3/t24-,25+,26+,28?,32?/m1/s1.